The molecule has 4 rings (SSSR count). The van der Waals surface area contributed by atoms with Crippen molar-refractivity contribution in [2.45, 2.75) is 87.1 Å². The van der Waals surface area contributed by atoms with Gasteiger partial charge in [0.25, 0.3) is 20.0 Å². The first kappa shape index (κ1) is 27.3. The highest BCUT2D eigenvalue weighted by Gasteiger charge is 2.37. The normalized spacial score (nSPS) is 18.2. The summed E-state index contributed by atoms with van der Waals surface area (Å²) < 4.78 is 57.3. The van der Waals surface area contributed by atoms with Crippen molar-refractivity contribution in [3.8, 4) is 0 Å². The van der Waals surface area contributed by atoms with E-state index in [1.165, 1.54) is 17.2 Å². The zero-order valence-corrected chi connectivity index (χ0v) is 24.1. The van der Waals surface area contributed by atoms with Crippen molar-refractivity contribution in [1.82, 2.24) is 7.42 Å². The Balaban J connectivity index is 1.55. The Hall–Kier alpha value is -0.690. The van der Waals surface area contributed by atoms with E-state index in [2.05, 4.69) is 0 Å². The molecule has 11 heteroatoms. The highest BCUT2D eigenvalue weighted by Crippen LogP contribution is 2.48. The molecule has 0 bridgehead atoms. The molecule has 6 nitrogen and oxygen atoms in total. The molecule has 35 heavy (non-hydrogen) atoms. The van der Waals surface area contributed by atoms with E-state index in [0.717, 1.165) is 84.5 Å². The van der Waals surface area contributed by atoms with Gasteiger partial charge in [0.15, 0.2) is 0 Å². The number of rotatable bonds is 10. The van der Waals surface area contributed by atoms with Gasteiger partial charge in [-0.1, -0.05) is 61.1 Å². The van der Waals surface area contributed by atoms with Gasteiger partial charge < -0.3 is 0 Å². The van der Waals surface area contributed by atoms with Crippen LogP contribution in [-0.2, 0) is 20.0 Å². The van der Waals surface area contributed by atoms with E-state index < -0.39 is 20.0 Å². The van der Waals surface area contributed by atoms with Crippen LogP contribution in [-0.4, -0.2) is 36.3 Å². The predicted molar refractivity (Wildman–Crippen MR) is 148 cm³/mol. The second-order valence-corrected chi connectivity index (χ2v) is 17.1. The molecule has 2 aromatic carbocycles. The van der Waals surface area contributed by atoms with E-state index in [-0.39, 0.29) is 21.9 Å². The topological polar surface area (TPSA) is 74.8 Å². The van der Waals surface area contributed by atoms with Gasteiger partial charge in [0.05, 0.1) is 9.79 Å². The van der Waals surface area contributed by atoms with E-state index in [0.29, 0.717) is 0 Å². The number of nitrogens with zero attached hydrogens (tertiary/aromatic N) is 2. The first-order valence-corrected chi connectivity index (χ1v) is 18.2. The molecule has 0 radical (unpaired) electrons. The quantitative estimate of drug-likeness (QED) is 0.231. The van der Waals surface area contributed by atoms with Gasteiger partial charge in [-0.2, -0.15) is 0 Å². The van der Waals surface area contributed by atoms with Crippen LogP contribution < -0.4 is 0 Å². The van der Waals surface area contributed by atoms with Crippen LogP contribution in [0.15, 0.2) is 58.3 Å². The maximum absolute atomic E-state index is 13.6. The first-order chi connectivity index (χ1) is 16.7. The summed E-state index contributed by atoms with van der Waals surface area (Å²) in [5, 5.41) is 0. The van der Waals surface area contributed by atoms with Crippen LogP contribution in [0.2, 0.25) is 0 Å². The molecule has 0 aliphatic heterocycles. The molecule has 2 fully saturated rings. The zero-order valence-electron chi connectivity index (χ0n) is 20.0. The van der Waals surface area contributed by atoms with Gasteiger partial charge in [0, 0.05) is 43.9 Å². The number of sulfonamides is 2. The fourth-order valence-electron chi connectivity index (χ4n) is 4.53. The lowest BCUT2D eigenvalue weighted by Gasteiger charge is -2.29. The molecule has 0 unspecified atom stereocenters. The summed E-state index contributed by atoms with van der Waals surface area (Å²) in [6, 6.07) is 13.7. The van der Waals surface area contributed by atoms with Crippen LogP contribution in [0.1, 0.15) is 62.5 Å². The predicted octanol–water partition coefficient (Wildman–Crippen LogP) is 6.73. The van der Waals surface area contributed by atoms with Gasteiger partial charge in [-0.3, -0.25) is 0 Å². The summed E-state index contributed by atoms with van der Waals surface area (Å²) in [6.45, 7) is 3.86. The SMILES string of the molecule is Cc1ccc(S(=O)(=O)N(SSSN(C2CCCC2)S(=O)(=O)c2ccc(C)cc2)C2CCCC2)cc1. The van der Waals surface area contributed by atoms with Gasteiger partial charge in [0.2, 0.25) is 0 Å². The third-order valence-corrected chi connectivity index (χ3v) is 15.5. The van der Waals surface area contributed by atoms with E-state index in [1.807, 2.05) is 38.1 Å². The second kappa shape index (κ2) is 11.8. The fraction of sp³-hybridized carbons (Fsp3) is 0.500. The van der Waals surface area contributed by atoms with Crippen molar-refractivity contribution in [3.63, 3.8) is 0 Å². The van der Waals surface area contributed by atoms with Gasteiger partial charge >= 0.3 is 0 Å². The largest absolute Gasteiger partial charge is 0.253 e. The molecule has 2 saturated carbocycles. The number of hydrogen-bond donors (Lipinski definition) is 0. The molecule has 0 aromatic heterocycles. The second-order valence-electron chi connectivity index (χ2n) is 9.24. The van der Waals surface area contributed by atoms with E-state index in [9.17, 15) is 16.8 Å². The standard InChI is InChI=1S/C24H32N2O4S5/c1-19-11-15-23(16-12-19)34(27,28)25(21-7-3-4-8-21)31-33-32-26(22-9-5-6-10-22)35(29,30)24-17-13-20(2)14-18-24/h11-18,21-22H,3-10H2,1-2H3. The summed E-state index contributed by atoms with van der Waals surface area (Å²) in [5.41, 5.74) is 2.00. The fourth-order valence-corrected chi connectivity index (χ4v) is 14.4. The molecular formula is C24H32N2O4S5. The minimum Gasteiger partial charge on any atom is -0.206 e. The molecule has 0 spiro atoms. The zero-order chi connectivity index (χ0) is 25.1. The van der Waals surface area contributed by atoms with Crippen molar-refractivity contribution in [1.29, 1.82) is 0 Å². The number of aryl methyl sites for hydroxylation is 2. The van der Waals surface area contributed by atoms with Crippen LogP contribution in [0.25, 0.3) is 0 Å². The molecule has 2 aliphatic rings. The molecule has 2 aromatic rings. The highest BCUT2D eigenvalue weighted by molar-refractivity contribution is 9.09. The maximum atomic E-state index is 13.6. The average Bonchev–Trinajstić information content (AvgIpc) is 3.54. The Kier molecular flexibility index (Phi) is 9.21. The molecule has 0 amide bonds. The summed E-state index contributed by atoms with van der Waals surface area (Å²) in [5.74, 6) is 0. The highest BCUT2D eigenvalue weighted by atomic mass is 33.5. The summed E-state index contributed by atoms with van der Waals surface area (Å²) in [6.07, 6.45) is 7.26. The van der Waals surface area contributed by atoms with Crippen molar-refractivity contribution >= 4 is 51.8 Å². The van der Waals surface area contributed by atoms with Crippen LogP contribution in [0, 0.1) is 13.8 Å². The number of hydrogen-bond acceptors (Lipinski definition) is 7. The van der Waals surface area contributed by atoms with Crippen molar-refractivity contribution in [2.75, 3.05) is 0 Å². The summed E-state index contributed by atoms with van der Waals surface area (Å²) in [4.78, 5) is 0.543. The Morgan fingerprint density at radius 2 is 0.914 bits per heavy atom. The molecule has 0 saturated heterocycles. The lowest BCUT2D eigenvalue weighted by Crippen LogP contribution is -2.33. The third-order valence-electron chi connectivity index (χ3n) is 6.56. The molecule has 2 aliphatic carbocycles. The van der Waals surface area contributed by atoms with Crippen LogP contribution in [0.3, 0.4) is 0 Å². The monoisotopic (exact) mass is 572 g/mol. The van der Waals surface area contributed by atoms with E-state index >= 15 is 0 Å². The Morgan fingerprint density at radius 3 is 1.23 bits per heavy atom. The third kappa shape index (κ3) is 6.42. The van der Waals surface area contributed by atoms with Crippen LogP contribution >= 0.6 is 31.8 Å². The van der Waals surface area contributed by atoms with E-state index in [1.54, 1.807) is 24.3 Å². The number of benzene rings is 2. The Morgan fingerprint density at radius 1 is 0.600 bits per heavy atom. The molecule has 0 N–H and O–H groups in total. The van der Waals surface area contributed by atoms with Crippen molar-refractivity contribution in [2.24, 2.45) is 0 Å². The van der Waals surface area contributed by atoms with E-state index in [4.69, 9.17) is 0 Å². The summed E-state index contributed by atoms with van der Waals surface area (Å²) in [7, 11) is -3.92. The molecular weight excluding hydrogens is 541 g/mol. The minimum atomic E-state index is -3.72. The first-order valence-electron chi connectivity index (χ1n) is 11.9. The Labute approximate surface area is 221 Å². The maximum Gasteiger partial charge on any atom is 0.253 e. The van der Waals surface area contributed by atoms with Crippen LogP contribution in [0.5, 0.6) is 0 Å². The van der Waals surface area contributed by atoms with Gasteiger partial charge in [0.1, 0.15) is 0 Å². The molecule has 192 valence electrons. The molecule has 0 atom stereocenters. The lowest BCUT2D eigenvalue weighted by atomic mass is 10.2. The van der Waals surface area contributed by atoms with Crippen LogP contribution in [0.4, 0.5) is 0 Å². The minimum absolute atomic E-state index is 0.0898. The smallest absolute Gasteiger partial charge is 0.206 e. The average molecular weight is 573 g/mol. The summed E-state index contributed by atoms with van der Waals surface area (Å²) >= 11 is 0. The van der Waals surface area contributed by atoms with Gasteiger partial charge in [-0.05, 0) is 63.8 Å². The van der Waals surface area contributed by atoms with Crippen molar-refractivity contribution < 1.29 is 16.8 Å². The Bertz CT molecular complexity index is 1090. The van der Waals surface area contributed by atoms with Gasteiger partial charge in [-0.25, -0.2) is 16.8 Å². The lowest BCUT2D eigenvalue weighted by molar-refractivity contribution is 0.465. The van der Waals surface area contributed by atoms with Crippen molar-refractivity contribution in [3.05, 3.63) is 59.7 Å². The van der Waals surface area contributed by atoms with Gasteiger partial charge in [-0.15, -0.1) is 7.42 Å². The molecule has 0 heterocycles.